The maximum atomic E-state index is 12.3. The van der Waals surface area contributed by atoms with Gasteiger partial charge < -0.3 is 9.73 Å². The summed E-state index contributed by atoms with van der Waals surface area (Å²) in [7, 11) is 0. The number of benzene rings is 1. The third-order valence-electron chi connectivity index (χ3n) is 2.02. The Kier molecular flexibility index (Phi) is 3.00. The molecule has 0 saturated carbocycles. The van der Waals surface area contributed by atoms with E-state index in [1.54, 1.807) is 12.1 Å². The number of aromatic nitrogens is 2. The number of hydrogen-bond acceptors (Lipinski definition) is 5. The molecular formula is C10H6F3N3O2. The summed E-state index contributed by atoms with van der Waals surface area (Å²) >= 11 is 0. The number of halogens is 3. The van der Waals surface area contributed by atoms with Crippen LogP contribution in [0.15, 0.2) is 33.9 Å². The highest BCUT2D eigenvalue weighted by atomic mass is 19.4. The summed E-state index contributed by atoms with van der Waals surface area (Å²) in [5.41, 5.74) is 0.819. The predicted octanol–water partition coefficient (Wildman–Crippen LogP) is 2.56. The van der Waals surface area contributed by atoms with Crippen LogP contribution >= 0.6 is 0 Å². The highest BCUT2D eigenvalue weighted by molar-refractivity contribution is 5.81. The van der Waals surface area contributed by atoms with Crippen LogP contribution < -0.4 is 0 Å². The zero-order valence-corrected chi connectivity index (χ0v) is 8.72. The van der Waals surface area contributed by atoms with E-state index in [0.717, 1.165) is 6.21 Å². The van der Waals surface area contributed by atoms with Crippen LogP contribution in [-0.2, 0) is 6.18 Å². The standard InChI is InChI=1S/C10H6F3N3O2/c11-10(12,13)9-15-8(16-18-9)7-3-1-2-6(4-7)5-14-17/h1-5,17H/b14-5-. The Morgan fingerprint density at radius 1 is 1.33 bits per heavy atom. The molecule has 0 atom stereocenters. The number of nitrogens with zero attached hydrogens (tertiary/aromatic N) is 3. The normalized spacial score (nSPS) is 12.2. The first kappa shape index (κ1) is 12.1. The average Bonchev–Trinajstić information content (AvgIpc) is 2.78. The van der Waals surface area contributed by atoms with Crippen molar-refractivity contribution in [1.29, 1.82) is 0 Å². The summed E-state index contributed by atoms with van der Waals surface area (Å²) in [6.45, 7) is 0. The molecule has 0 aliphatic carbocycles. The fraction of sp³-hybridized carbons (Fsp3) is 0.100. The maximum Gasteiger partial charge on any atom is 0.471 e. The Labute approximate surface area is 98.5 Å². The quantitative estimate of drug-likeness (QED) is 0.510. The molecule has 1 heterocycles. The van der Waals surface area contributed by atoms with Crippen molar-refractivity contribution in [3.05, 3.63) is 35.7 Å². The van der Waals surface area contributed by atoms with E-state index in [0.29, 0.717) is 11.1 Å². The lowest BCUT2D eigenvalue weighted by Crippen LogP contribution is -2.04. The summed E-state index contributed by atoms with van der Waals surface area (Å²) in [5.74, 6) is -1.59. The molecule has 0 saturated heterocycles. The van der Waals surface area contributed by atoms with Crippen molar-refractivity contribution < 1.29 is 22.9 Å². The zero-order chi connectivity index (χ0) is 13.2. The molecule has 0 aliphatic rings. The van der Waals surface area contributed by atoms with Crippen molar-refractivity contribution in [1.82, 2.24) is 10.1 Å². The van der Waals surface area contributed by atoms with Gasteiger partial charge in [-0.05, 0) is 11.6 Å². The lowest BCUT2D eigenvalue weighted by Gasteiger charge is -1.97. The van der Waals surface area contributed by atoms with Crippen molar-refractivity contribution in [3.8, 4) is 11.4 Å². The minimum absolute atomic E-state index is 0.185. The van der Waals surface area contributed by atoms with Gasteiger partial charge >= 0.3 is 12.1 Å². The van der Waals surface area contributed by atoms with Gasteiger partial charge in [-0.15, -0.1) is 0 Å². The third kappa shape index (κ3) is 2.47. The molecule has 0 fully saturated rings. The van der Waals surface area contributed by atoms with Gasteiger partial charge in [0.25, 0.3) is 0 Å². The largest absolute Gasteiger partial charge is 0.471 e. The first-order chi connectivity index (χ1) is 8.50. The second kappa shape index (κ2) is 4.47. The van der Waals surface area contributed by atoms with E-state index in [4.69, 9.17) is 5.21 Å². The first-order valence-electron chi connectivity index (χ1n) is 4.69. The van der Waals surface area contributed by atoms with Gasteiger partial charge in [-0.1, -0.05) is 28.5 Å². The fourth-order valence-electron chi connectivity index (χ4n) is 1.28. The Balaban J connectivity index is 2.37. The van der Waals surface area contributed by atoms with Crippen LogP contribution in [0.25, 0.3) is 11.4 Å². The topological polar surface area (TPSA) is 71.5 Å². The number of oxime groups is 1. The van der Waals surface area contributed by atoms with Crippen LogP contribution in [0.4, 0.5) is 13.2 Å². The molecule has 0 spiro atoms. The lowest BCUT2D eigenvalue weighted by atomic mass is 10.1. The van der Waals surface area contributed by atoms with Gasteiger partial charge in [-0.2, -0.15) is 18.2 Å². The molecule has 0 unspecified atom stereocenters. The molecule has 1 aromatic carbocycles. The monoisotopic (exact) mass is 257 g/mol. The van der Waals surface area contributed by atoms with Crippen LogP contribution in [0.2, 0.25) is 0 Å². The SMILES string of the molecule is O/N=C\c1cccc(-c2noc(C(F)(F)F)n2)c1. The summed E-state index contributed by atoms with van der Waals surface area (Å²) in [5, 5.41) is 14.4. The van der Waals surface area contributed by atoms with Gasteiger partial charge in [0.05, 0.1) is 6.21 Å². The molecule has 1 aromatic heterocycles. The van der Waals surface area contributed by atoms with Crippen LogP contribution in [0.1, 0.15) is 11.5 Å². The van der Waals surface area contributed by atoms with Crippen LogP contribution in [0.3, 0.4) is 0 Å². The van der Waals surface area contributed by atoms with Crippen molar-refractivity contribution in [2.75, 3.05) is 0 Å². The van der Waals surface area contributed by atoms with Crippen LogP contribution in [0, 0.1) is 0 Å². The molecular weight excluding hydrogens is 251 g/mol. The minimum atomic E-state index is -4.67. The lowest BCUT2D eigenvalue weighted by molar-refractivity contribution is -0.159. The summed E-state index contributed by atoms with van der Waals surface area (Å²) in [6.07, 6.45) is -3.54. The van der Waals surface area contributed by atoms with Crippen molar-refractivity contribution in [2.45, 2.75) is 6.18 Å². The van der Waals surface area contributed by atoms with Crippen LogP contribution in [0.5, 0.6) is 0 Å². The Hall–Kier alpha value is -2.38. The second-order valence-electron chi connectivity index (χ2n) is 3.29. The molecule has 94 valence electrons. The number of rotatable bonds is 2. The maximum absolute atomic E-state index is 12.3. The van der Waals surface area contributed by atoms with Crippen molar-refractivity contribution >= 4 is 6.21 Å². The van der Waals surface area contributed by atoms with E-state index in [1.807, 2.05) is 0 Å². The molecule has 8 heteroatoms. The van der Waals surface area contributed by atoms with E-state index in [9.17, 15) is 13.2 Å². The predicted molar refractivity (Wildman–Crippen MR) is 54.1 cm³/mol. The van der Waals surface area contributed by atoms with E-state index in [1.165, 1.54) is 12.1 Å². The highest BCUT2D eigenvalue weighted by Gasteiger charge is 2.38. The van der Waals surface area contributed by atoms with Gasteiger partial charge in [-0.3, -0.25) is 0 Å². The summed E-state index contributed by atoms with van der Waals surface area (Å²) < 4.78 is 40.9. The molecule has 0 radical (unpaired) electrons. The second-order valence-corrected chi connectivity index (χ2v) is 3.29. The van der Waals surface area contributed by atoms with Crippen molar-refractivity contribution in [2.24, 2.45) is 5.16 Å². The molecule has 0 aliphatic heterocycles. The Morgan fingerprint density at radius 3 is 2.72 bits per heavy atom. The summed E-state index contributed by atoms with van der Waals surface area (Å²) in [6, 6.07) is 6.15. The van der Waals surface area contributed by atoms with Gasteiger partial charge in [0.15, 0.2) is 0 Å². The van der Waals surface area contributed by atoms with Gasteiger partial charge in [0, 0.05) is 5.56 Å². The van der Waals surface area contributed by atoms with E-state index >= 15 is 0 Å². The molecule has 2 rings (SSSR count). The van der Waals surface area contributed by atoms with Gasteiger partial charge in [0.2, 0.25) is 5.82 Å². The van der Waals surface area contributed by atoms with Crippen molar-refractivity contribution in [3.63, 3.8) is 0 Å². The average molecular weight is 257 g/mol. The number of hydrogen-bond donors (Lipinski definition) is 1. The number of alkyl halides is 3. The highest BCUT2D eigenvalue weighted by Crippen LogP contribution is 2.29. The Morgan fingerprint density at radius 2 is 2.11 bits per heavy atom. The Bertz CT molecular complexity index is 578. The van der Waals surface area contributed by atoms with E-state index in [-0.39, 0.29) is 5.82 Å². The molecule has 2 aromatic rings. The molecule has 0 bridgehead atoms. The molecule has 5 nitrogen and oxygen atoms in total. The van der Waals surface area contributed by atoms with E-state index < -0.39 is 12.1 Å². The molecule has 1 N–H and O–H groups in total. The molecule has 0 amide bonds. The van der Waals surface area contributed by atoms with Gasteiger partial charge in [-0.25, -0.2) is 0 Å². The fourth-order valence-corrected chi connectivity index (χ4v) is 1.28. The zero-order valence-electron chi connectivity index (χ0n) is 8.72. The smallest absolute Gasteiger partial charge is 0.411 e. The third-order valence-corrected chi connectivity index (χ3v) is 2.02. The first-order valence-corrected chi connectivity index (χ1v) is 4.69. The minimum Gasteiger partial charge on any atom is -0.411 e. The van der Waals surface area contributed by atoms with Crippen LogP contribution in [-0.4, -0.2) is 21.6 Å². The van der Waals surface area contributed by atoms with Gasteiger partial charge in [0.1, 0.15) is 0 Å². The summed E-state index contributed by atoms with van der Waals surface area (Å²) in [4.78, 5) is 3.24. The van der Waals surface area contributed by atoms with E-state index in [2.05, 4.69) is 19.8 Å². The molecule has 18 heavy (non-hydrogen) atoms.